The third-order valence-corrected chi connectivity index (χ3v) is 8.68. The molecule has 11 heteroatoms. The van der Waals surface area contributed by atoms with E-state index >= 15 is 0 Å². The van der Waals surface area contributed by atoms with Gasteiger partial charge in [-0.15, -0.1) is 0 Å². The quantitative estimate of drug-likeness (QED) is 0.512. The van der Waals surface area contributed by atoms with Gasteiger partial charge in [0, 0.05) is 51.7 Å². The Morgan fingerprint density at radius 3 is 2.38 bits per heavy atom. The minimum Gasteiger partial charge on any atom is -0.377 e. The fourth-order valence-electron chi connectivity index (χ4n) is 6.50. The molecule has 0 unspecified atom stereocenters. The topological polar surface area (TPSA) is 121 Å². The van der Waals surface area contributed by atoms with Crippen molar-refractivity contribution >= 4 is 23.6 Å². The molecule has 3 heterocycles. The number of ether oxygens (including phenoxy) is 2. The molecule has 0 aromatic heterocycles. The van der Waals surface area contributed by atoms with Crippen LogP contribution >= 0.6 is 0 Å². The van der Waals surface area contributed by atoms with E-state index in [1.54, 1.807) is 4.90 Å². The number of amides is 4. The molecule has 0 radical (unpaired) electrons. The van der Waals surface area contributed by atoms with Gasteiger partial charge in [-0.1, -0.05) is 33.6 Å². The number of hydrogen-bond donors (Lipinski definition) is 2. The van der Waals surface area contributed by atoms with Gasteiger partial charge in [0.1, 0.15) is 12.6 Å². The summed E-state index contributed by atoms with van der Waals surface area (Å²) in [4.78, 5) is 59.1. The molecule has 1 spiro atoms. The van der Waals surface area contributed by atoms with Crippen molar-refractivity contribution < 1.29 is 28.7 Å². The lowest BCUT2D eigenvalue weighted by Crippen LogP contribution is -2.64. The molecule has 0 bridgehead atoms. The first-order valence-electron chi connectivity index (χ1n) is 15.1. The van der Waals surface area contributed by atoms with Crippen molar-refractivity contribution in [2.24, 2.45) is 5.41 Å². The van der Waals surface area contributed by atoms with Crippen molar-refractivity contribution in [3.8, 4) is 0 Å². The van der Waals surface area contributed by atoms with E-state index in [9.17, 15) is 19.2 Å². The van der Waals surface area contributed by atoms with Gasteiger partial charge in [-0.05, 0) is 31.1 Å². The molecule has 1 atom stereocenters. The van der Waals surface area contributed by atoms with Gasteiger partial charge >= 0.3 is 0 Å². The maximum atomic E-state index is 13.9. The summed E-state index contributed by atoms with van der Waals surface area (Å²) < 4.78 is 11.1. The van der Waals surface area contributed by atoms with Crippen LogP contribution in [0.1, 0.15) is 72.1 Å². The maximum absolute atomic E-state index is 13.9. The standard InChI is InChI=1S/C29H49N5O6/c1-28(2,3)18-25(36)32-11-8-29(9-12-32)19-26(37)34-14-13-33(22-6-4-5-7-22)20-23(34)27(38)30-10-15-39-16-17-40-21-24(35)31-29/h22-23H,4-21H2,1-3H3,(H,30,38)(H,31,35)/t23-/m0/s1. The van der Waals surface area contributed by atoms with Gasteiger partial charge in [0.15, 0.2) is 0 Å². The van der Waals surface area contributed by atoms with Crippen LogP contribution in [0.5, 0.6) is 0 Å². The lowest BCUT2D eigenvalue weighted by atomic mass is 9.82. The van der Waals surface area contributed by atoms with Crippen LogP contribution in [-0.2, 0) is 28.7 Å². The molecule has 1 saturated carbocycles. The van der Waals surface area contributed by atoms with Gasteiger partial charge in [-0.2, -0.15) is 0 Å². The minimum absolute atomic E-state index is 0.0936. The van der Waals surface area contributed by atoms with Crippen molar-refractivity contribution in [1.29, 1.82) is 0 Å². The molecule has 0 aromatic carbocycles. The molecule has 2 N–H and O–H groups in total. The summed E-state index contributed by atoms with van der Waals surface area (Å²) in [5.74, 6) is -0.486. The smallest absolute Gasteiger partial charge is 0.246 e. The summed E-state index contributed by atoms with van der Waals surface area (Å²) >= 11 is 0. The second-order valence-electron chi connectivity index (χ2n) is 13.1. The van der Waals surface area contributed by atoms with Crippen LogP contribution in [0.15, 0.2) is 0 Å². The van der Waals surface area contributed by atoms with Crippen LogP contribution in [0.3, 0.4) is 0 Å². The Morgan fingerprint density at radius 2 is 1.68 bits per heavy atom. The molecular weight excluding hydrogens is 514 g/mol. The maximum Gasteiger partial charge on any atom is 0.246 e. The number of likely N-dealkylation sites (tertiary alicyclic amines) is 1. The van der Waals surface area contributed by atoms with Crippen LogP contribution < -0.4 is 10.6 Å². The van der Waals surface area contributed by atoms with E-state index in [0.717, 1.165) is 19.4 Å². The summed E-state index contributed by atoms with van der Waals surface area (Å²) in [7, 11) is 0. The highest BCUT2D eigenvalue weighted by molar-refractivity contribution is 5.89. The summed E-state index contributed by atoms with van der Waals surface area (Å²) in [6, 6.07) is -0.117. The van der Waals surface area contributed by atoms with E-state index in [0.29, 0.717) is 71.2 Å². The van der Waals surface area contributed by atoms with Crippen LogP contribution in [-0.4, -0.2) is 122 Å². The number of nitrogens with zero attached hydrogens (tertiary/aromatic N) is 3. The van der Waals surface area contributed by atoms with Gasteiger partial charge in [0.25, 0.3) is 0 Å². The van der Waals surface area contributed by atoms with E-state index in [2.05, 4.69) is 15.5 Å². The molecule has 4 amide bonds. The van der Waals surface area contributed by atoms with Crippen LogP contribution in [0.4, 0.5) is 0 Å². The highest BCUT2D eigenvalue weighted by atomic mass is 16.5. The van der Waals surface area contributed by atoms with Gasteiger partial charge in [0.05, 0.1) is 31.8 Å². The second-order valence-corrected chi connectivity index (χ2v) is 13.1. The third-order valence-electron chi connectivity index (χ3n) is 8.68. The molecule has 226 valence electrons. The summed E-state index contributed by atoms with van der Waals surface area (Å²) in [6.45, 7) is 9.95. The summed E-state index contributed by atoms with van der Waals surface area (Å²) in [5.41, 5.74) is -0.914. The lowest BCUT2D eigenvalue weighted by Gasteiger charge is -2.46. The minimum atomic E-state index is -0.798. The first-order chi connectivity index (χ1) is 19.1. The zero-order chi connectivity index (χ0) is 28.8. The van der Waals surface area contributed by atoms with E-state index in [1.165, 1.54) is 12.8 Å². The van der Waals surface area contributed by atoms with E-state index in [-0.39, 0.29) is 48.7 Å². The molecule has 1 aliphatic carbocycles. The average molecular weight is 564 g/mol. The Morgan fingerprint density at radius 1 is 0.975 bits per heavy atom. The van der Waals surface area contributed by atoms with Crippen molar-refractivity contribution in [2.45, 2.75) is 89.8 Å². The molecule has 40 heavy (non-hydrogen) atoms. The van der Waals surface area contributed by atoms with Crippen LogP contribution in [0.25, 0.3) is 0 Å². The number of rotatable bonds is 2. The average Bonchev–Trinajstić information content (AvgIpc) is 3.43. The fourth-order valence-corrected chi connectivity index (χ4v) is 6.50. The first kappa shape index (κ1) is 30.7. The largest absolute Gasteiger partial charge is 0.377 e. The molecule has 3 saturated heterocycles. The van der Waals surface area contributed by atoms with E-state index < -0.39 is 11.6 Å². The number of fused-ring (bicyclic) bond motifs is 1. The van der Waals surface area contributed by atoms with Gasteiger partial charge in [-0.25, -0.2) is 0 Å². The fraction of sp³-hybridized carbons (Fsp3) is 0.862. The highest BCUT2D eigenvalue weighted by Crippen LogP contribution is 2.31. The number of piperazine rings is 1. The van der Waals surface area contributed by atoms with Crippen LogP contribution in [0.2, 0.25) is 0 Å². The lowest BCUT2D eigenvalue weighted by molar-refractivity contribution is -0.147. The Hall–Kier alpha value is -2.24. The second kappa shape index (κ2) is 13.6. The molecule has 4 aliphatic rings. The number of nitrogens with one attached hydrogen (secondary N) is 2. The zero-order valence-corrected chi connectivity index (χ0v) is 24.7. The number of carbonyl (C=O) groups is 4. The Balaban J connectivity index is 1.51. The van der Waals surface area contributed by atoms with Gasteiger partial charge in [-0.3, -0.25) is 24.1 Å². The Labute approximate surface area is 238 Å². The number of carbonyl (C=O) groups excluding carboxylic acids is 4. The number of hydrogen-bond acceptors (Lipinski definition) is 7. The molecule has 4 fully saturated rings. The Bertz CT molecular complexity index is 907. The molecule has 0 aromatic rings. The normalized spacial score (nSPS) is 26.9. The summed E-state index contributed by atoms with van der Waals surface area (Å²) in [5, 5.41) is 6.08. The van der Waals surface area contributed by atoms with Crippen molar-refractivity contribution in [3.05, 3.63) is 0 Å². The predicted octanol–water partition coefficient (Wildman–Crippen LogP) is 0.909. The summed E-state index contributed by atoms with van der Waals surface area (Å²) in [6.07, 6.45) is 6.18. The number of piperidine rings is 1. The van der Waals surface area contributed by atoms with E-state index in [1.807, 2.05) is 25.7 Å². The zero-order valence-electron chi connectivity index (χ0n) is 24.7. The van der Waals surface area contributed by atoms with Crippen molar-refractivity contribution in [1.82, 2.24) is 25.3 Å². The van der Waals surface area contributed by atoms with Crippen LogP contribution in [0, 0.1) is 5.41 Å². The van der Waals surface area contributed by atoms with Gasteiger partial charge in [0.2, 0.25) is 23.6 Å². The van der Waals surface area contributed by atoms with E-state index in [4.69, 9.17) is 9.47 Å². The molecule has 11 nitrogen and oxygen atoms in total. The van der Waals surface area contributed by atoms with Gasteiger partial charge < -0.3 is 29.9 Å². The Kier molecular flexibility index (Phi) is 10.5. The molecular formula is C29H49N5O6. The molecule has 4 rings (SSSR count). The SMILES string of the molecule is CC(C)(C)CC(=O)N1CCC2(CC1)CC(=O)N1CCN(C3CCCC3)C[C@H]1C(=O)NCCOCCOCC(=O)N2. The monoisotopic (exact) mass is 563 g/mol. The molecule has 3 aliphatic heterocycles. The first-order valence-corrected chi connectivity index (χ1v) is 15.1. The van der Waals surface area contributed by atoms with Crippen molar-refractivity contribution in [2.75, 3.05) is 65.7 Å². The van der Waals surface area contributed by atoms with Crippen molar-refractivity contribution in [3.63, 3.8) is 0 Å². The highest BCUT2D eigenvalue weighted by Gasteiger charge is 2.44. The third kappa shape index (κ3) is 8.39. The predicted molar refractivity (Wildman–Crippen MR) is 149 cm³/mol.